The lowest BCUT2D eigenvalue weighted by Gasteiger charge is -2.07. The maximum Gasteiger partial charge on any atom is 0.253 e. The Morgan fingerprint density at radius 2 is 2.22 bits per heavy atom. The number of nitrogens with one attached hydrogen (secondary N) is 1. The van der Waals surface area contributed by atoms with Gasteiger partial charge in [0, 0.05) is 10.6 Å². The number of anilines is 1. The van der Waals surface area contributed by atoms with E-state index >= 15 is 0 Å². The number of aryl methyl sites for hydroxylation is 1. The van der Waals surface area contributed by atoms with Crippen molar-refractivity contribution in [2.45, 2.75) is 13.5 Å². The van der Waals surface area contributed by atoms with E-state index in [1.165, 1.54) is 18.2 Å². The Hall–Kier alpha value is -2.01. The topological polar surface area (TPSA) is 75.3 Å². The minimum absolute atomic E-state index is 0.0293. The van der Waals surface area contributed by atoms with Crippen LogP contribution in [0.1, 0.15) is 20.8 Å². The van der Waals surface area contributed by atoms with Crippen molar-refractivity contribution in [1.82, 2.24) is 5.32 Å². The largest absolute Gasteiger partial charge is 0.508 e. The summed E-state index contributed by atoms with van der Waals surface area (Å²) in [6, 6.07) is 6.34. The summed E-state index contributed by atoms with van der Waals surface area (Å²) in [4.78, 5) is 13.0. The molecule has 0 saturated carbocycles. The summed E-state index contributed by atoms with van der Waals surface area (Å²) < 4.78 is 0. The number of aromatic hydroxyl groups is 1. The maximum atomic E-state index is 11.9. The first-order valence-corrected chi connectivity index (χ1v) is 6.35. The van der Waals surface area contributed by atoms with Crippen molar-refractivity contribution in [1.29, 1.82) is 0 Å². The lowest BCUT2D eigenvalue weighted by atomic mass is 10.1. The average Bonchev–Trinajstić information content (AvgIpc) is 2.75. The molecule has 1 aromatic heterocycles. The normalized spacial score (nSPS) is 10.3. The van der Waals surface area contributed by atoms with Gasteiger partial charge in [-0.2, -0.15) is 0 Å². The third-order valence-corrected chi connectivity index (χ3v) is 3.68. The fraction of sp³-hybridized carbons (Fsp3) is 0.154. The molecule has 0 aliphatic heterocycles. The van der Waals surface area contributed by atoms with Crippen LogP contribution in [0.2, 0.25) is 0 Å². The van der Waals surface area contributed by atoms with E-state index in [1.807, 2.05) is 18.4 Å². The Morgan fingerprint density at radius 1 is 1.44 bits per heavy atom. The number of thiophene rings is 1. The highest BCUT2D eigenvalue weighted by molar-refractivity contribution is 7.10. The number of rotatable bonds is 3. The molecule has 4 nitrogen and oxygen atoms in total. The third-order valence-electron chi connectivity index (χ3n) is 2.66. The van der Waals surface area contributed by atoms with Gasteiger partial charge >= 0.3 is 0 Å². The second kappa shape index (κ2) is 5.10. The Bertz CT molecular complexity index is 578. The maximum absolute atomic E-state index is 11.9. The molecule has 5 heteroatoms. The van der Waals surface area contributed by atoms with E-state index in [0.717, 1.165) is 10.4 Å². The SMILES string of the molecule is Cc1ccsc1CNC(=O)c1cc(O)ccc1N. The van der Waals surface area contributed by atoms with Gasteiger partial charge in [0.1, 0.15) is 5.75 Å². The molecule has 0 fully saturated rings. The minimum Gasteiger partial charge on any atom is -0.508 e. The molecule has 1 heterocycles. The van der Waals surface area contributed by atoms with Gasteiger partial charge in [-0.1, -0.05) is 0 Å². The van der Waals surface area contributed by atoms with Crippen LogP contribution in [0.15, 0.2) is 29.6 Å². The average molecular weight is 262 g/mol. The predicted octanol–water partition coefficient (Wildman–Crippen LogP) is 2.27. The first-order chi connectivity index (χ1) is 8.58. The second-order valence-electron chi connectivity index (χ2n) is 3.98. The van der Waals surface area contributed by atoms with E-state index in [9.17, 15) is 9.90 Å². The van der Waals surface area contributed by atoms with E-state index in [2.05, 4.69) is 5.32 Å². The molecule has 18 heavy (non-hydrogen) atoms. The van der Waals surface area contributed by atoms with Crippen molar-refractivity contribution >= 4 is 22.9 Å². The number of benzene rings is 1. The summed E-state index contributed by atoms with van der Waals surface area (Å²) in [5, 5.41) is 14.1. The van der Waals surface area contributed by atoms with Crippen molar-refractivity contribution < 1.29 is 9.90 Å². The Morgan fingerprint density at radius 3 is 2.89 bits per heavy atom. The van der Waals surface area contributed by atoms with Crippen LogP contribution >= 0.6 is 11.3 Å². The summed E-state index contributed by atoms with van der Waals surface area (Å²) >= 11 is 1.60. The van der Waals surface area contributed by atoms with Gasteiger partial charge in [-0.25, -0.2) is 0 Å². The fourth-order valence-corrected chi connectivity index (χ4v) is 2.43. The monoisotopic (exact) mass is 262 g/mol. The predicted molar refractivity (Wildman–Crippen MR) is 72.7 cm³/mol. The first-order valence-electron chi connectivity index (χ1n) is 5.47. The van der Waals surface area contributed by atoms with Gasteiger partial charge in [0.25, 0.3) is 5.91 Å². The van der Waals surface area contributed by atoms with Crippen LogP contribution in [-0.4, -0.2) is 11.0 Å². The number of nitrogens with two attached hydrogens (primary N) is 1. The fourth-order valence-electron chi connectivity index (χ4n) is 1.58. The van der Waals surface area contributed by atoms with E-state index in [-0.39, 0.29) is 11.7 Å². The van der Waals surface area contributed by atoms with Crippen molar-refractivity contribution in [2.75, 3.05) is 5.73 Å². The molecule has 0 aliphatic carbocycles. The number of amides is 1. The molecule has 2 aromatic rings. The minimum atomic E-state index is -0.281. The van der Waals surface area contributed by atoms with Crippen molar-refractivity contribution in [3.8, 4) is 5.75 Å². The van der Waals surface area contributed by atoms with Crippen LogP contribution < -0.4 is 11.1 Å². The molecule has 1 aromatic carbocycles. The van der Waals surface area contributed by atoms with Crippen LogP contribution in [-0.2, 0) is 6.54 Å². The van der Waals surface area contributed by atoms with Crippen LogP contribution in [0.25, 0.3) is 0 Å². The number of nitrogen functional groups attached to an aromatic ring is 1. The molecule has 0 bridgehead atoms. The van der Waals surface area contributed by atoms with E-state index < -0.39 is 0 Å². The highest BCUT2D eigenvalue weighted by Gasteiger charge is 2.11. The molecule has 4 N–H and O–H groups in total. The van der Waals surface area contributed by atoms with E-state index in [0.29, 0.717) is 17.8 Å². The van der Waals surface area contributed by atoms with Gasteiger partial charge in [-0.15, -0.1) is 11.3 Å². The highest BCUT2D eigenvalue weighted by atomic mass is 32.1. The molecule has 0 atom stereocenters. The van der Waals surface area contributed by atoms with Crippen molar-refractivity contribution in [2.24, 2.45) is 0 Å². The molecule has 0 unspecified atom stereocenters. The summed E-state index contributed by atoms with van der Waals surface area (Å²) in [6.07, 6.45) is 0. The van der Waals surface area contributed by atoms with Crippen LogP contribution in [0.4, 0.5) is 5.69 Å². The van der Waals surface area contributed by atoms with Gasteiger partial charge in [0.05, 0.1) is 12.1 Å². The molecular weight excluding hydrogens is 248 g/mol. The smallest absolute Gasteiger partial charge is 0.253 e. The number of phenolic OH excluding ortho intramolecular Hbond substituents is 1. The van der Waals surface area contributed by atoms with Crippen LogP contribution in [0.3, 0.4) is 0 Å². The summed E-state index contributed by atoms with van der Waals surface area (Å²) in [6.45, 7) is 2.47. The van der Waals surface area contributed by atoms with Gasteiger partial charge in [0.2, 0.25) is 0 Å². The molecule has 0 radical (unpaired) electrons. The van der Waals surface area contributed by atoms with Crippen molar-refractivity contribution in [3.63, 3.8) is 0 Å². The van der Waals surface area contributed by atoms with E-state index in [1.54, 1.807) is 11.3 Å². The van der Waals surface area contributed by atoms with Gasteiger partial charge in [-0.3, -0.25) is 4.79 Å². The number of phenols is 1. The zero-order chi connectivity index (χ0) is 13.1. The molecular formula is C13H14N2O2S. The summed E-state index contributed by atoms with van der Waals surface area (Å²) in [7, 11) is 0. The van der Waals surface area contributed by atoms with Gasteiger partial charge in [-0.05, 0) is 42.1 Å². The zero-order valence-electron chi connectivity index (χ0n) is 9.93. The highest BCUT2D eigenvalue weighted by Crippen LogP contribution is 2.19. The number of carbonyl (C=O) groups is 1. The van der Waals surface area contributed by atoms with Crippen LogP contribution in [0, 0.1) is 6.92 Å². The van der Waals surface area contributed by atoms with Crippen molar-refractivity contribution in [3.05, 3.63) is 45.6 Å². The number of hydrogen-bond acceptors (Lipinski definition) is 4. The molecule has 0 saturated heterocycles. The Kier molecular flexibility index (Phi) is 3.53. The molecule has 94 valence electrons. The molecule has 0 spiro atoms. The Labute approximate surface area is 109 Å². The molecule has 0 aliphatic rings. The van der Waals surface area contributed by atoms with Gasteiger partial charge < -0.3 is 16.2 Å². The standard InChI is InChI=1S/C13H14N2O2S/c1-8-4-5-18-12(8)7-15-13(17)10-6-9(16)2-3-11(10)14/h2-6,16H,7,14H2,1H3,(H,15,17). The van der Waals surface area contributed by atoms with Crippen LogP contribution in [0.5, 0.6) is 5.75 Å². The quantitative estimate of drug-likeness (QED) is 0.586. The Balaban J connectivity index is 2.08. The summed E-state index contributed by atoms with van der Waals surface area (Å²) in [5.41, 5.74) is 7.51. The lowest BCUT2D eigenvalue weighted by Crippen LogP contribution is -2.23. The van der Waals surface area contributed by atoms with E-state index in [4.69, 9.17) is 5.73 Å². The summed E-state index contributed by atoms with van der Waals surface area (Å²) in [5.74, 6) is -0.252. The molecule has 2 rings (SSSR count). The first kappa shape index (κ1) is 12.4. The number of carbonyl (C=O) groups excluding carboxylic acids is 1. The third kappa shape index (κ3) is 2.62. The lowest BCUT2D eigenvalue weighted by molar-refractivity contribution is 0.0952. The zero-order valence-corrected chi connectivity index (χ0v) is 10.8. The second-order valence-corrected chi connectivity index (χ2v) is 4.98. The number of hydrogen-bond donors (Lipinski definition) is 3. The molecule has 1 amide bonds. The van der Waals surface area contributed by atoms with Gasteiger partial charge in [0.15, 0.2) is 0 Å².